The quantitative estimate of drug-likeness (QED) is 0.644. The highest BCUT2D eigenvalue weighted by atomic mass is 35.7. The van der Waals surface area contributed by atoms with E-state index in [0.29, 0.717) is 0 Å². The summed E-state index contributed by atoms with van der Waals surface area (Å²) < 4.78 is 20.6. The Hall–Kier alpha value is 0.200. The molecule has 10 heavy (non-hydrogen) atoms. The van der Waals surface area contributed by atoms with E-state index >= 15 is 0 Å². The average Bonchev–Trinajstić information content (AvgIpc) is 1.60. The third-order valence-corrected chi connectivity index (χ3v) is 2.49. The van der Waals surface area contributed by atoms with Crippen LogP contribution < -0.4 is 0 Å². The largest absolute Gasteiger partial charge is 0.281 e. The molecule has 60 valence electrons. The van der Waals surface area contributed by atoms with Gasteiger partial charge in [0.05, 0.1) is 5.75 Å². The van der Waals surface area contributed by atoms with Crippen molar-refractivity contribution in [2.24, 2.45) is 5.92 Å². The zero-order valence-corrected chi connectivity index (χ0v) is 7.50. The second kappa shape index (κ2) is 3.55. The van der Waals surface area contributed by atoms with Crippen LogP contribution in [0.25, 0.3) is 0 Å². The molecule has 0 aromatic rings. The van der Waals surface area contributed by atoms with E-state index in [2.05, 4.69) is 0 Å². The summed E-state index contributed by atoms with van der Waals surface area (Å²) in [5, 5.41) is -0.691. The molecule has 0 aliphatic rings. The number of hydrogen-bond acceptors (Lipinski definition) is 3. The number of carbonyl (C=O) groups excluding carboxylic acids is 1. The molecule has 0 spiro atoms. The first kappa shape index (κ1) is 10.2. The molecule has 0 radical (unpaired) electrons. The van der Waals surface area contributed by atoms with Crippen molar-refractivity contribution in [3.63, 3.8) is 0 Å². The zero-order valence-electron chi connectivity index (χ0n) is 5.17. The smallest absolute Gasteiger partial charge is 0.233 e. The summed E-state index contributed by atoms with van der Waals surface area (Å²) in [5.41, 5.74) is 0. The lowest BCUT2D eigenvalue weighted by Gasteiger charge is -1.99. The molecular formula is C4H6Cl2O3S. The van der Waals surface area contributed by atoms with E-state index in [-0.39, 0.29) is 0 Å². The highest BCUT2D eigenvalue weighted by Crippen LogP contribution is 2.07. The molecule has 0 amide bonds. The van der Waals surface area contributed by atoms with Gasteiger partial charge in [-0.2, -0.15) is 0 Å². The maximum absolute atomic E-state index is 10.3. The second-order valence-electron chi connectivity index (χ2n) is 1.91. The molecule has 0 rings (SSSR count). The third kappa shape index (κ3) is 5.02. The molecule has 1 unspecified atom stereocenters. The summed E-state index contributed by atoms with van der Waals surface area (Å²) in [4.78, 5) is 10.3. The van der Waals surface area contributed by atoms with Gasteiger partial charge < -0.3 is 0 Å². The fourth-order valence-corrected chi connectivity index (χ4v) is 1.85. The van der Waals surface area contributed by atoms with Crippen molar-refractivity contribution >= 4 is 36.6 Å². The standard InChI is InChI=1S/C4H6Cl2O3S/c1-3(4(5)7)2-10(6,8)9/h3H,2H2,1H3. The fourth-order valence-electron chi connectivity index (χ4n) is 0.364. The van der Waals surface area contributed by atoms with E-state index in [1.165, 1.54) is 6.92 Å². The molecule has 0 bridgehead atoms. The topological polar surface area (TPSA) is 51.2 Å². The molecular weight excluding hydrogens is 199 g/mol. The van der Waals surface area contributed by atoms with Gasteiger partial charge >= 0.3 is 0 Å². The minimum absolute atomic E-state index is 0.406. The maximum Gasteiger partial charge on any atom is 0.233 e. The summed E-state index contributed by atoms with van der Waals surface area (Å²) in [6.45, 7) is 1.40. The van der Waals surface area contributed by atoms with Crippen LogP contribution >= 0.6 is 22.3 Å². The number of halogens is 2. The van der Waals surface area contributed by atoms with E-state index in [1.54, 1.807) is 0 Å². The molecule has 3 nitrogen and oxygen atoms in total. The van der Waals surface area contributed by atoms with Crippen LogP contribution in [0, 0.1) is 5.92 Å². The van der Waals surface area contributed by atoms with Crippen molar-refractivity contribution in [3.05, 3.63) is 0 Å². The molecule has 0 aromatic heterocycles. The number of rotatable bonds is 3. The third-order valence-electron chi connectivity index (χ3n) is 0.837. The van der Waals surface area contributed by atoms with E-state index in [9.17, 15) is 13.2 Å². The van der Waals surface area contributed by atoms with Crippen molar-refractivity contribution < 1.29 is 13.2 Å². The van der Waals surface area contributed by atoms with E-state index in [4.69, 9.17) is 22.3 Å². The molecule has 0 aliphatic carbocycles. The first-order valence-electron chi connectivity index (χ1n) is 2.44. The first-order chi connectivity index (χ1) is 4.33. The van der Waals surface area contributed by atoms with Crippen molar-refractivity contribution in [1.82, 2.24) is 0 Å². The molecule has 0 saturated heterocycles. The number of hydrogen-bond donors (Lipinski definition) is 0. The van der Waals surface area contributed by atoms with Crippen molar-refractivity contribution in [2.75, 3.05) is 5.75 Å². The van der Waals surface area contributed by atoms with Gasteiger partial charge in [-0.3, -0.25) is 4.79 Å². The van der Waals surface area contributed by atoms with Gasteiger partial charge in [-0.25, -0.2) is 8.42 Å². The van der Waals surface area contributed by atoms with Gasteiger partial charge in [0.1, 0.15) is 0 Å². The average molecular weight is 205 g/mol. The van der Waals surface area contributed by atoms with Crippen LogP contribution in [0.15, 0.2) is 0 Å². The second-order valence-corrected chi connectivity index (χ2v) is 5.10. The van der Waals surface area contributed by atoms with Crippen LogP contribution in [-0.2, 0) is 13.8 Å². The minimum Gasteiger partial charge on any atom is -0.281 e. The van der Waals surface area contributed by atoms with Crippen LogP contribution in [0.4, 0.5) is 0 Å². The Bertz CT molecular complexity index is 221. The van der Waals surface area contributed by atoms with Crippen LogP contribution in [-0.4, -0.2) is 19.4 Å². The van der Waals surface area contributed by atoms with Gasteiger partial charge in [0.15, 0.2) is 0 Å². The van der Waals surface area contributed by atoms with Gasteiger partial charge in [0.25, 0.3) is 0 Å². The summed E-state index contributed by atoms with van der Waals surface area (Å²) in [6.07, 6.45) is 0. The molecule has 0 N–H and O–H groups in total. The Balaban J connectivity index is 4.06. The van der Waals surface area contributed by atoms with Gasteiger partial charge in [-0.05, 0) is 11.6 Å². The van der Waals surface area contributed by atoms with Crippen LogP contribution in [0.5, 0.6) is 0 Å². The molecule has 0 saturated carbocycles. The summed E-state index contributed by atoms with van der Waals surface area (Å²) in [5.74, 6) is -1.14. The van der Waals surface area contributed by atoms with Crippen molar-refractivity contribution in [2.45, 2.75) is 6.92 Å². The van der Waals surface area contributed by atoms with Crippen LogP contribution in [0.2, 0.25) is 0 Å². The predicted molar refractivity (Wildman–Crippen MR) is 39.7 cm³/mol. The minimum atomic E-state index is -3.60. The Morgan fingerprint density at radius 3 is 2.10 bits per heavy atom. The SMILES string of the molecule is CC(CS(=O)(=O)Cl)C(=O)Cl. The van der Waals surface area contributed by atoms with Gasteiger partial charge in [-0.15, -0.1) is 0 Å². The van der Waals surface area contributed by atoms with Crippen molar-refractivity contribution in [1.29, 1.82) is 0 Å². The fraction of sp³-hybridized carbons (Fsp3) is 0.750. The lowest BCUT2D eigenvalue weighted by Crippen LogP contribution is -2.13. The summed E-state index contributed by atoms with van der Waals surface area (Å²) in [6, 6.07) is 0. The zero-order chi connectivity index (χ0) is 8.36. The predicted octanol–water partition coefficient (Wildman–Crippen LogP) is 0.957. The molecule has 0 fully saturated rings. The Morgan fingerprint density at radius 2 is 2.00 bits per heavy atom. The maximum atomic E-state index is 10.3. The Morgan fingerprint density at radius 1 is 1.60 bits per heavy atom. The van der Waals surface area contributed by atoms with Gasteiger partial charge in [-0.1, -0.05) is 6.92 Å². The summed E-state index contributed by atoms with van der Waals surface area (Å²) >= 11 is 4.97. The lowest BCUT2D eigenvalue weighted by atomic mass is 10.3. The van der Waals surface area contributed by atoms with E-state index in [0.717, 1.165) is 0 Å². The monoisotopic (exact) mass is 204 g/mol. The normalized spacial score (nSPS) is 14.7. The first-order valence-corrected chi connectivity index (χ1v) is 5.30. The Kier molecular flexibility index (Phi) is 3.62. The lowest BCUT2D eigenvalue weighted by molar-refractivity contribution is -0.114. The molecule has 1 atom stereocenters. The van der Waals surface area contributed by atoms with E-state index < -0.39 is 26.0 Å². The highest BCUT2D eigenvalue weighted by Gasteiger charge is 2.17. The Labute approximate surface area is 68.7 Å². The molecule has 6 heteroatoms. The van der Waals surface area contributed by atoms with Crippen LogP contribution in [0.3, 0.4) is 0 Å². The van der Waals surface area contributed by atoms with Gasteiger partial charge in [0.2, 0.25) is 14.3 Å². The molecule has 0 aliphatic heterocycles. The highest BCUT2D eigenvalue weighted by molar-refractivity contribution is 8.13. The van der Waals surface area contributed by atoms with Crippen LogP contribution in [0.1, 0.15) is 6.92 Å². The summed E-state index contributed by atoms with van der Waals surface area (Å²) in [7, 11) is 1.23. The molecule has 0 aromatic carbocycles. The van der Waals surface area contributed by atoms with Crippen molar-refractivity contribution in [3.8, 4) is 0 Å². The molecule has 0 heterocycles. The number of carbonyl (C=O) groups is 1. The van der Waals surface area contributed by atoms with Gasteiger partial charge in [0, 0.05) is 16.6 Å². The van der Waals surface area contributed by atoms with E-state index in [1.807, 2.05) is 0 Å².